The van der Waals surface area contributed by atoms with E-state index in [0.717, 1.165) is 0 Å². The number of hydrogen-bond acceptors (Lipinski definition) is 5. The highest BCUT2D eigenvalue weighted by Crippen LogP contribution is 2.20. The average molecular weight is 267 g/mol. The fourth-order valence-corrected chi connectivity index (χ4v) is 1.96. The molecule has 0 radical (unpaired) electrons. The predicted octanol–water partition coefficient (Wildman–Crippen LogP) is 1.87. The lowest BCUT2D eigenvalue weighted by Crippen LogP contribution is -2.35. The topological polar surface area (TPSA) is 75.5 Å². The Hall–Kier alpha value is -1.85. The minimum Gasteiger partial charge on any atom is -0.481 e. The molecule has 0 amide bonds. The minimum atomic E-state index is -0.818. The maximum atomic E-state index is 10.8. The minimum absolute atomic E-state index is 0.0703. The van der Waals surface area contributed by atoms with Crippen molar-refractivity contribution in [1.82, 2.24) is 9.97 Å². The third-order valence-electron chi connectivity index (χ3n) is 2.73. The molecule has 0 fully saturated rings. The Kier molecular flexibility index (Phi) is 5.54. The second kappa shape index (κ2) is 6.92. The summed E-state index contributed by atoms with van der Waals surface area (Å²) in [7, 11) is 0. The summed E-state index contributed by atoms with van der Waals surface area (Å²) in [5.74, 6) is 1.02. The predicted molar refractivity (Wildman–Crippen MR) is 72.7 cm³/mol. The summed E-state index contributed by atoms with van der Waals surface area (Å²) in [5.41, 5.74) is 0. The lowest BCUT2D eigenvalue weighted by Gasteiger charge is -2.28. The van der Waals surface area contributed by atoms with E-state index < -0.39 is 5.97 Å². The van der Waals surface area contributed by atoms with Crippen molar-refractivity contribution in [1.29, 1.82) is 0 Å². The molecule has 0 spiro atoms. The Morgan fingerprint density at radius 2 is 2.16 bits per heavy atom. The van der Waals surface area contributed by atoms with Gasteiger partial charge in [-0.1, -0.05) is 0 Å². The fraction of sp³-hybridized carbons (Fsp3) is 0.615. The second-order valence-corrected chi connectivity index (χ2v) is 4.28. The first kappa shape index (κ1) is 15.2. The van der Waals surface area contributed by atoms with Crippen LogP contribution in [-0.2, 0) is 4.79 Å². The molecule has 1 rings (SSSR count). The molecule has 0 aliphatic rings. The van der Waals surface area contributed by atoms with Gasteiger partial charge in [-0.05, 0) is 27.7 Å². The number of ether oxygens (including phenoxy) is 1. The van der Waals surface area contributed by atoms with Gasteiger partial charge in [0, 0.05) is 18.7 Å². The van der Waals surface area contributed by atoms with Gasteiger partial charge in [-0.25, -0.2) is 4.98 Å². The standard InChI is InChI=1S/C13H21N3O3/c1-5-16(9(3)7-13(17)18)11-8-12(19-6-2)15-10(4)14-11/h8-9H,5-7H2,1-4H3,(H,17,18). The molecule has 0 aromatic carbocycles. The van der Waals surface area contributed by atoms with Gasteiger partial charge >= 0.3 is 5.97 Å². The van der Waals surface area contributed by atoms with E-state index in [9.17, 15) is 4.79 Å². The van der Waals surface area contributed by atoms with E-state index in [1.165, 1.54) is 0 Å². The lowest BCUT2D eigenvalue weighted by atomic mass is 10.2. The Bertz CT molecular complexity index is 437. The van der Waals surface area contributed by atoms with Gasteiger partial charge in [0.05, 0.1) is 13.0 Å². The number of carboxylic acids is 1. The lowest BCUT2D eigenvalue weighted by molar-refractivity contribution is -0.137. The molecule has 0 saturated heterocycles. The number of carboxylic acid groups (broad SMARTS) is 1. The van der Waals surface area contributed by atoms with Gasteiger partial charge in [-0.3, -0.25) is 4.79 Å². The maximum Gasteiger partial charge on any atom is 0.305 e. The number of carbonyl (C=O) groups is 1. The SMILES string of the molecule is CCOc1cc(N(CC)C(C)CC(=O)O)nc(C)n1. The fourth-order valence-electron chi connectivity index (χ4n) is 1.96. The van der Waals surface area contributed by atoms with Gasteiger partial charge in [-0.15, -0.1) is 0 Å². The normalized spacial score (nSPS) is 12.0. The summed E-state index contributed by atoms with van der Waals surface area (Å²) in [5, 5.41) is 8.88. The van der Waals surface area contributed by atoms with Crippen molar-refractivity contribution in [3.63, 3.8) is 0 Å². The number of nitrogens with zero attached hydrogens (tertiary/aromatic N) is 3. The third-order valence-corrected chi connectivity index (χ3v) is 2.73. The van der Waals surface area contributed by atoms with Gasteiger partial charge < -0.3 is 14.7 Å². The zero-order chi connectivity index (χ0) is 14.4. The van der Waals surface area contributed by atoms with Gasteiger partial charge in [0.2, 0.25) is 5.88 Å². The van der Waals surface area contributed by atoms with E-state index >= 15 is 0 Å². The first-order chi connectivity index (χ1) is 8.97. The van der Waals surface area contributed by atoms with Gasteiger partial charge in [0.15, 0.2) is 0 Å². The van der Waals surface area contributed by atoms with Crippen LogP contribution in [0.4, 0.5) is 5.82 Å². The molecule has 6 heteroatoms. The molecule has 1 N–H and O–H groups in total. The Morgan fingerprint density at radius 3 is 2.68 bits per heavy atom. The molecule has 1 aromatic rings. The number of aryl methyl sites for hydroxylation is 1. The number of rotatable bonds is 7. The first-order valence-electron chi connectivity index (χ1n) is 6.44. The summed E-state index contributed by atoms with van der Waals surface area (Å²) < 4.78 is 5.39. The molecular formula is C13H21N3O3. The second-order valence-electron chi connectivity index (χ2n) is 4.28. The van der Waals surface area contributed by atoms with Crippen LogP contribution in [0.3, 0.4) is 0 Å². The molecule has 1 atom stereocenters. The van der Waals surface area contributed by atoms with Gasteiger partial charge in [0.1, 0.15) is 11.6 Å². The van der Waals surface area contributed by atoms with Crippen molar-refractivity contribution in [3.05, 3.63) is 11.9 Å². The molecule has 6 nitrogen and oxygen atoms in total. The van der Waals surface area contributed by atoms with Crippen molar-refractivity contribution in [2.75, 3.05) is 18.1 Å². The highest BCUT2D eigenvalue weighted by molar-refractivity contribution is 5.68. The van der Waals surface area contributed by atoms with Crippen molar-refractivity contribution in [2.45, 2.75) is 40.2 Å². The van der Waals surface area contributed by atoms with E-state index in [1.807, 2.05) is 25.7 Å². The van der Waals surface area contributed by atoms with Crippen LogP contribution in [0.5, 0.6) is 5.88 Å². The highest BCUT2D eigenvalue weighted by atomic mass is 16.5. The van der Waals surface area contributed by atoms with Crippen LogP contribution in [0.2, 0.25) is 0 Å². The van der Waals surface area contributed by atoms with Crippen molar-refractivity contribution in [3.8, 4) is 5.88 Å². The molecule has 0 bridgehead atoms. The number of aliphatic carboxylic acids is 1. The molecule has 106 valence electrons. The summed E-state index contributed by atoms with van der Waals surface area (Å²) in [6.45, 7) is 8.73. The van der Waals surface area contributed by atoms with E-state index in [1.54, 1.807) is 13.0 Å². The quantitative estimate of drug-likeness (QED) is 0.813. The molecule has 0 aliphatic heterocycles. The Labute approximate surface area is 113 Å². The van der Waals surface area contributed by atoms with Gasteiger partial charge in [-0.2, -0.15) is 4.98 Å². The van der Waals surface area contributed by atoms with Crippen LogP contribution in [0.15, 0.2) is 6.07 Å². The number of hydrogen-bond donors (Lipinski definition) is 1. The first-order valence-corrected chi connectivity index (χ1v) is 6.44. The van der Waals surface area contributed by atoms with Crippen LogP contribution in [0, 0.1) is 6.92 Å². The zero-order valence-corrected chi connectivity index (χ0v) is 11.9. The monoisotopic (exact) mass is 267 g/mol. The Balaban J connectivity index is 2.99. The van der Waals surface area contributed by atoms with Crippen LogP contribution >= 0.6 is 0 Å². The molecule has 1 heterocycles. The molecule has 19 heavy (non-hydrogen) atoms. The molecule has 1 unspecified atom stereocenters. The molecule has 0 saturated carbocycles. The van der Waals surface area contributed by atoms with E-state index in [0.29, 0.717) is 30.7 Å². The van der Waals surface area contributed by atoms with Gasteiger partial charge in [0.25, 0.3) is 0 Å². The zero-order valence-electron chi connectivity index (χ0n) is 11.9. The molecule has 1 aromatic heterocycles. The number of aromatic nitrogens is 2. The summed E-state index contributed by atoms with van der Waals surface area (Å²) in [6, 6.07) is 1.62. The summed E-state index contributed by atoms with van der Waals surface area (Å²) in [4.78, 5) is 21.3. The van der Waals surface area contributed by atoms with Crippen molar-refractivity contribution < 1.29 is 14.6 Å². The molecule has 0 aliphatic carbocycles. The smallest absolute Gasteiger partial charge is 0.305 e. The van der Waals surface area contributed by atoms with E-state index in [-0.39, 0.29) is 12.5 Å². The van der Waals surface area contributed by atoms with Crippen LogP contribution < -0.4 is 9.64 Å². The van der Waals surface area contributed by atoms with Crippen LogP contribution in [-0.4, -0.2) is 40.2 Å². The Morgan fingerprint density at radius 1 is 1.47 bits per heavy atom. The van der Waals surface area contributed by atoms with Crippen LogP contribution in [0.1, 0.15) is 33.0 Å². The number of anilines is 1. The largest absolute Gasteiger partial charge is 0.481 e. The highest BCUT2D eigenvalue weighted by Gasteiger charge is 2.18. The van der Waals surface area contributed by atoms with Crippen molar-refractivity contribution in [2.24, 2.45) is 0 Å². The molecular weight excluding hydrogens is 246 g/mol. The maximum absolute atomic E-state index is 10.8. The summed E-state index contributed by atoms with van der Waals surface area (Å²) in [6.07, 6.45) is 0.0703. The van der Waals surface area contributed by atoms with E-state index in [4.69, 9.17) is 9.84 Å². The van der Waals surface area contributed by atoms with Crippen LogP contribution in [0.25, 0.3) is 0 Å². The van der Waals surface area contributed by atoms with Crippen molar-refractivity contribution >= 4 is 11.8 Å². The van der Waals surface area contributed by atoms with E-state index in [2.05, 4.69) is 9.97 Å². The third kappa shape index (κ3) is 4.39. The average Bonchev–Trinajstić information content (AvgIpc) is 2.28. The summed E-state index contributed by atoms with van der Waals surface area (Å²) >= 11 is 0.